The molecule has 0 N–H and O–H groups in total. The van der Waals surface area contributed by atoms with Crippen molar-refractivity contribution in [1.29, 1.82) is 0 Å². The summed E-state index contributed by atoms with van der Waals surface area (Å²) >= 11 is 0. The first-order chi connectivity index (χ1) is 18.8. The molecule has 0 bridgehead atoms. The number of amides is 1. The molecule has 208 valence electrons. The van der Waals surface area contributed by atoms with E-state index in [-0.39, 0.29) is 17.9 Å². The molecule has 0 radical (unpaired) electrons. The summed E-state index contributed by atoms with van der Waals surface area (Å²) in [6.07, 6.45) is 7.49. The number of piperidine rings is 1. The molecule has 0 saturated carbocycles. The number of ether oxygens (including phenoxy) is 2. The molecule has 3 aromatic rings. The van der Waals surface area contributed by atoms with Crippen LogP contribution in [0.1, 0.15) is 56.5 Å². The molecule has 1 aliphatic rings. The summed E-state index contributed by atoms with van der Waals surface area (Å²) in [5, 5.41) is 0. The highest BCUT2D eigenvalue weighted by molar-refractivity contribution is 5.99. The van der Waals surface area contributed by atoms with Crippen molar-refractivity contribution in [1.82, 2.24) is 14.5 Å². The molecule has 1 amide bonds. The van der Waals surface area contributed by atoms with Crippen LogP contribution in [0.15, 0.2) is 60.6 Å². The maximum atomic E-state index is 13.8. The predicted octanol–water partition coefficient (Wildman–Crippen LogP) is 6.07. The van der Waals surface area contributed by atoms with E-state index in [9.17, 15) is 4.79 Å². The van der Waals surface area contributed by atoms with E-state index in [4.69, 9.17) is 9.47 Å². The summed E-state index contributed by atoms with van der Waals surface area (Å²) < 4.78 is 13.1. The fourth-order valence-electron chi connectivity index (χ4n) is 5.31. The monoisotopic (exact) mass is 530 g/mol. The molecule has 1 aromatic heterocycles. The average molecular weight is 531 g/mol. The smallest absolute Gasteiger partial charge is 0.250 e. The van der Waals surface area contributed by atoms with Gasteiger partial charge >= 0.3 is 0 Å². The summed E-state index contributed by atoms with van der Waals surface area (Å²) in [6.45, 7) is 11.4. The maximum absolute atomic E-state index is 13.8. The van der Waals surface area contributed by atoms with Crippen molar-refractivity contribution in [3.05, 3.63) is 77.4 Å². The standard InChI is InChI=1S/C32H42N4O3/c1-7-39-18-17-34(5)28-13-11-26(12-14-28)31(23(2)3)36-16-8-9-27(32(36)37)19-25-10-15-29(30(20-25)38-6)35-21-24(4)33-22-35/h10-15,19-23,31H,7-9,16-18H2,1-6H3/b27-19+/t31-/m0/s1. The van der Waals surface area contributed by atoms with Crippen LogP contribution in [-0.4, -0.2) is 60.8 Å². The number of benzene rings is 2. The van der Waals surface area contributed by atoms with Crippen molar-refractivity contribution in [3.63, 3.8) is 0 Å². The van der Waals surface area contributed by atoms with Crippen LogP contribution in [0, 0.1) is 12.8 Å². The Morgan fingerprint density at radius 1 is 1.15 bits per heavy atom. The number of carbonyl (C=O) groups is 1. The van der Waals surface area contributed by atoms with E-state index in [1.165, 1.54) is 5.56 Å². The van der Waals surface area contributed by atoms with Gasteiger partial charge in [-0.3, -0.25) is 4.79 Å². The van der Waals surface area contributed by atoms with Gasteiger partial charge in [0.1, 0.15) is 5.75 Å². The second kappa shape index (κ2) is 13.0. The molecule has 0 unspecified atom stereocenters. The first kappa shape index (κ1) is 28.4. The molecule has 7 heteroatoms. The van der Waals surface area contributed by atoms with E-state index in [0.29, 0.717) is 6.61 Å². The lowest BCUT2D eigenvalue weighted by atomic mass is 9.90. The average Bonchev–Trinajstić information content (AvgIpc) is 3.37. The van der Waals surface area contributed by atoms with Gasteiger partial charge in [-0.2, -0.15) is 0 Å². The van der Waals surface area contributed by atoms with Crippen molar-refractivity contribution >= 4 is 17.7 Å². The van der Waals surface area contributed by atoms with Crippen molar-refractivity contribution in [2.24, 2.45) is 5.92 Å². The van der Waals surface area contributed by atoms with Crippen LogP contribution in [0.3, 0.4) is 0 Å². The zero-order valence-corrected chi connectivity index (χ0v) is 24.2. The van der Waals surface area contributed by atoms with Crippen LogP contribution in [0.4, 0.5) is 5.69 Å². The van der Waals surface area contributed by atoms with Crippen LogP contribution < -0.4 is 9.64 Å². The normalized spacial score (nSPS) is 15.7. The fraction of sp³-hybridized carbons (Fsp3) is 0.438. The predicted molar refractivity (Wildman–Crippen MR) is 158 cm³/mol. The zero-order chi connectivity index (χ0) is 27.9. The van der Waals surface area contributed by atoms with Gasteiger partial charge in [0.2, 0.25) is 5.91 Å². The Morgan fingerprint density at radius 2 is 1.92 bits per heavy atom. The molecular formula is C32H42N4O3. The van der Waals surface area contributed by atoms with Gasteiger partial charge < -0.3 is 23.8 Å². The van der Waals surface area contributed by atoms with Gasteiger partial charge in [0.25, 0.3) is 0 Å². The Hall–Kier alpha value is -3.58. The molecule has 7 nitrogen and oxygen atoms in total. The maximum Gasteiger partial charge on any atom is 0.250 e. The lowest BCUT2D eigenvalue weighted by Gasteiger charge is -2.38. The number of hydrogen-bond acceptors (Lipinski definition) is 5. The van der Waals surface area contributed by atoms with Gasteiger partial charge in [0.15, 0.2) is 0 Å². The molecular weight excluding hydrogens is 488 g/mol. The van der Waals surface area contributed by atoms with Crippen LogP contribution >= 0.6 is 0 Å². The number of likely N-dealkylation sites (tertiary alicyclic amines) is 1. The molecule has 1 fully saturated rings. The van der Waals surface area contributed by atoms with Crippen LogP contribution in [0.5, 0.6) is 5.75 Å². The van der Waals surface area contributed by atoms with E-state index < -0.39 is 0 Å². The summed E-state index contributed by atoms with van der Waals surface area (Å²) in [5.74, 6) is 1.15. The summed E-state index contributed by atoms with van der Waals surface area (Å²) in [6, 6.07) is 14.7. The molecule has 2 heterocycles. The minimum absolute atomic E-state index is 0.0189. The van der Waals surface area contributed by atoms with Gasteiger partial charge in [-0.25, -0.2) is 4.98 Å². The van der Waals surface area contributed by atoms with E-state index in [0.717, 1.165) is 66.5 Å². The Bertz CT molecular complexity index is 1280. The van der Waals surface area contributed by atoms with E-state index in [1.54, 1.807) is 13.4 Å². The Morgan fingerprint density at radius 3 is 2.56 bits per heavy atom. The largest absolute Gasteiger partial charge is 0.495 e. The van der Waals surface area contributed by atoms with E-state index in [1.807, 2.05) is 48.9 Å². The Labute approximate surface area is 233 Å². The molecule has 1 saturated heterocycles. The molecule has 4 rings (SSSR count). The first-order valence-electron chi connectivity index (χ1n) is 13.9. The third kappa shape index (κ3) is 6.71. The highest BCUT2D eigenvalue weighted by Gasteiger charge is 2.32. The Balaban J connectivity index is 1.54. The van der Waals surface area contributed by atoms with Gasteiger partial charge in [-0.1, -0.05) is 32.0 Å². The number of anilines is 1. The molecule has 1 aliphatic heterocycles. The zero-order valence-electron chi connectivity index (χ0n) is 24.2. The summed E-state index contributed by atoms with van der Waals surface area (Å²) in [5.41, 5.74) is 5.98. The topological polar surface area (TPSA) is 59.8 Å². The number of imidazole rings is 1. The number of nitrogens with zero attached hydrogens (tertiary/aromatic N) is 4. The van der Waals surface area contributed by atoms with Crippen molar-refractivity contribution in [3.8, 4) is 11.4 Å². The minimum atomic E-state index is 0.0189. The number of hydrogen-bond donors (Lipinski definition) is 0. The number of rotatable bonds is 11. The highest BCUT2D eigenvalue weighted by Crippen LogP contribution is 2.35. The number of methoxy groups -OCH3 is 1. The highest BCUT2D eigenvalue weighted by atomic mass is 16.5. The van der Waals surface area contributed by atoms with Gasteiger partial charge in [-0.15, -0.1) is 0 Å². The molecule has 2 aromatic carbocycles. The van der Waals surface area contributed by atoms with Crippen LogP contribution in [0.25, 0.3) is 11.8 Å². The quantitative estimate of drug-likeness (QED) is 0.223. The van der Waals surface area contributed by atoms with E-state index in [2.05, 4.69) is 59.9 Å². The third-order valence-electron chi connectivity index (χ3n) is 7.33. The minimum Gasteiger partial charge on any atom is -0.495 e. The van der Waals surface area contributed by atoms with Crippen molar-refractivity contribution in [2.75, 3.05) is 45.4 Å². The first-order valence-corrected chi connectivity index (χ1v) is 13.9. The van der Waals surface area contributed by atoms with Crippen LogP contribution in [0.2, 0.25) is 0 Å². The second-order valence-electron chi connectivity index (χ2n) is 10.5. The number of carbonyl (C=O) groups excluding carboxylic acids is 1. The van der Waals surface area contributed by atoms with E-state index >= 15 is 0 Å². The molecule has 0 spiro atoms. The molecule has 0 aliphatic carbocycles. The second-order valence-corrected chi connectivity index (χ2v) is 10.5. The van der Waals surface area contributed by atoms with Crippen molar-refractivity contribution in [2.45, 2.75) is 46.6 Å². The van der Waals surface area contributed by atoms with Gasteiger partial charge in [-0.05, 0) is 74.1 Å². The van der Waals surface area contributed by atoms with Gasteiger partial charge in [0.05, 0.1) is 37.5 Å². The molecule has 39 heavy (non-hydrogen) atoms. The van der Waals surface area contributed by atoms with Crippen molar-refractivity contribution < 1.29 is 14.3 Å². The third-order valence-corrected chi connectivity index (χ3v) is 7.33. The van der Waals surface area contributed by atoms with Crippen LogP contribution in [-0.2, 0) is 9.53 Å². The number of likely N-dealkylation sites (N-methyl/N-ethyl adjacent to an activating group) is 1. The number of aromatic nitrogens is 2. The Kier molecular flexibility index (Phi) is 9.46. The molecule has 1 atom stereocenters. The lowest BCUT2D eigenvalue weighted by Crippen LogP contribution is -2.41. The van der Waals surface area contributed by atoms with Gasteiger partial charge in [0, 0.05) is 44.2 Å². The summed E-state index contributed by atoms with van der Waals surface area (Å²) in [7, 11) is 3.75. The lowest BCUT2D eigenvalue weighted by molar-refractivity contribution is -0.132. The summed E-state index contributed by atoms with van der Waals surface area (Å²) in [4.78, 5) is 22.4. The number of aryl methyl sites for hydroxylation is 1. The SMILES string of the molecule is CCOCCN(C)c1ccc([C@H](C(C)C)N2CCC/C(=C\c3ccc(-n4cnc(C)c4)c(OC)c3)C2=O)cc1. The fourth-order valence-corrected chi connectivity index (χ4v) is 5.31.